The third kappa shape index (κ3) is 3.85. The highest BCUT2D eigenvalue weighted by molar-refractivity contribution is 5.92. The van der Waals surface area contributed by atoms with Gasteiger partial charge >= 0.3 is 0 Å². The number of aryl methyl sites for hydroxylation is 2. The van der Waals surface area contributed by atoms with Crippen LogP contribution in [0.15, 0.2) is 42.5 Å². The minimum atomic E-state index is -0.131. The summed E-state index contributed by atoms with van der Waals surface area (Å²) in [5.41, 5.74) is 4.80. The molecular weight excluding hydrogens is 324 g/mol. The smallest absolute Gasteiger partial charge is 0.262 e. The van der Waals surface area contributed by atoms with Crippen LogP contribution >= 0.6 is 0 Å². The molecule has 1 atom stereocenters. The van der Waals surface area contributed by atoms with E-state index in [2.05, 4.69) is 41.4 Å². The van der Waals surface area contributed by atoms with E-state index < -0.39 is 0 Å². The fourth-order valence-corrected chi connectivity index (χ4v) is 3.91. The first-order chi connectivity index (χ1) is 12.7. The molecule has 2 aromatic carbocycles. The summed E-state index contributed by atoms with van der Waals surface area (Å²) in [6.45, 7) is 4.54. The SMILES string of the molecule is CC1CCN(c2ccc(NC(=O)COc3ccc4c(c3)CCC4)cc2)C1. The second-order valence-corrected chi connectivity index (χ2v) is 7.51. The van der Waals surface area contributed by atoms with E-state index in [1.54, 1.807) is 0 Å². The molecule has 1 amide bonds. The van der Waals surface area contributed by atoms with Crippen LogP contribution in [0.4, 0.5) is 11.4 Å². The second-order valence-electron chi connectivity index (χ2n) is 7.51. The summed E-state index contributed by atoms with van der Waals surface area (Å²) in [6, 6.07) is 14.2. The lowest BCUT2D eigenvalue weighted by Crippen LogP contribution is -2.21. The van der Waals surface area contributed by atoms with Crippen molar-refractivity contribution in [1.82, 2.24) is 0 Å². The molecule has 1 aliphatic carbocycles. The van der Waals surface area contributed by atoms with Crippen LogP contribution in [0.3, 0.4) is 0 Å². The summed E-state index contributed by atoms with van der Waals surface area (Å²) >= 11 is 0. The number of anilines is 2. The van der Waals surface area contributed by atoms with Gasteiger partial charge in [0, 0.05) is 24.5 Å². The molecule has 0 saturated carbocycles. The first-order valence-electron chi connectivity index (χ1n) is 9.57. The topological polar surface area (TPSA) is 41.6 Å². The predicted molar refractivity (Wildman–Crippen MR) is 105 cm³/mol. The molecule has 1 heterocycles. The number of benzene rings is 2. The monoisotopic (exact) mass is 350 g/mol. The summed E-state index contributed by atoms with van der Waals surface area (Å²) in [7, 11) is 0. The number of amides is 1. The van der Waals surface area contributed by atoms with Crippen molar-refractivity contribution in [2.75, 3.05) is 29.9 Å². The first kappa shape index (κ1) is 17.0. The third-order valence-corrected chi connectivity index (χ3v) is 5.38. The lowest BCUT2D eigenvalue weighted by atomic mass is 10.1. The number of ether oxygens (including phenoxy) is 1. The highest BCUT2D eigenvalue weighted by Gasteiger charge is 2.18. The summed E-state index contributed by atoms with van der Waals surface area (Å²) in [5, 5.41) is 2.91. The van der Waals surface area contributed by atoms with Crippen LogP contribution in [0.1, 0.15) is 30.9 Å². The molecule has 0 spiro atoms. The van der Waals surface area contributed by atoms with Crippen molar-refractivity contribution >= 4 is 17.3 Å². The molecule has 1 aliphatic heterocycles. The van der Waals surface area contributed by atoms with Gasteiger partial charge in [-0.15, -0.1) is 0 Å². The van der Waals surface area contributed by atoms with Crippen molar-refractivity contribution in [3.05, 3.63) is 53.6 Å². The molecular formula is C22H26N2O2. The Bertz CT molecular complexity index is 785. The predicted octanol–water partition coefficient (Wildman–Crippen LogP) is 4.04. The van der Waals surface area contributed by atoms with Gasteiger partial charge in [-0.2, -0.15) is 0 Å². The van der Waals surface area contributed by atoms with Crippen molar-refractivity contribution in [1.29, 1.82) is 0 Å². The maximum atomic E-state index is 12.2. The Morgan fingerprint density at radius 1 is 1.15 bits per heavy atom. The lowest BCUT2D eigenvalue weighted by Gasteiger charge is -2.18. The largest absolute Gasteiger partial charge is 0.484 e. The van der Waals surface area contributed by atoms with Crippen LogP contribution in [-0.2, 0) is 17.6 Å². The van der Waals surface area contributed by atoms with Gasteiger partial charge in [-0.3, -0.25) is 4.79 Å². The molecule has 1 fully saturated rings. The van der Waals surface area contributed by atoms with E-state index in [1.807, 2.05) is 18.2 Å². The molecule has 4 nitrogen and oxygen atoms in total. The summed E-state index contributed by atoms with van der Waals surface area (Å²) in [5.74, 6) is 1.40. The van der Waals surface area contributed by atoms with E-state index in [9.17, 15) is 4.79 Å². The van der Waals surface area contributed by atoms with Crippen LogP contribution in [-0.4, -0.2) is 25.6 Å². The van der Waals surface area contributed by atoms with E-state index in [0.717, 1.165) is 43.3 Å². The van der Waals surface area contributed by atoms with Crippen molar-refractivity contribution in [2.45, 2.75) is 32.6 Å². The van der Waals surface area contributed by atoms with Crippen molar-refractivity contribution < 1.29 is 9.53 Å². The maximum Gasteiger partial charge on any atom is 0.262 e. The third-order valence-electron chi connectivity index (χ3n) is 5.38. The number of carbonyl (C=O) groups is 1. The molecule has 136 valence electrons. The van der Waals surface area contributed by atoms with Gasteiger partial charge < -0.3 is 15.0 Å². The molecule has 0 aromatic heterocycles. The standard InChI is InChI=1S/C22H26N2O2/c1-16-11-12-24(14-16)20-8-6-19(7-9-20)23-22(25)15-26-21-10-5-17-3-2-4-18(17)13-21/h5-10,13,16H,2-4,11-12,14-15H2,1H3,(H,23,25). The Labute approximate surface area is 155 Å². The van der Waals surface area contributed by atoms with Crippen molar-refractivity contribution in [3.63, 3.8) is 0 Å². The van der Waals surface area contributed by atoms with Gasteiger partial charge in [0.05, 0.1) is 0 Å². The lowest BCUT2D eigenvalue weighted by molar-refractivity contribution is -0.118. The van der Waals surface area contributed by atoms with E-state index in [4.69, 9.17) is 4.74 Å². The van der Waals surface area contributed by atoms with Gasteiger partial charge in [-0.05, 0) is 79.1 Å². The van der Waals surface area contributed by atoms with Crippen LogP contribution in [0.25, 0.3) is 0 Å². The van der Waals surface area contributed by atoms with Gasteiger partial charge in [0.15, 0.2) is 6.61 Å². The minimum absolute atomic E-state index is 0.0319. The molecule has 4 rings (SSSR count). The summed E-state index contributed by atoms with van der Waals surface area (Å²) < 4.78 is 5.66. The number of carbonyl (C=O) groups excluding carboxylic acids is 1. The number of hydrogen-bond donors (Lipinski definition) is 1. The summed E-state index contributed by atoms with van der Waals surface area (Å²) in [4.78, 5) is 14.6. The fourth-order valence-electron chi connectivity index (χ4n) is 3.91. The molecule has 1 saturated heterocycles. The van der Waals surface area contributed by atoms with Crippen molar-refractivity contribution in [2.24, 2.45) is 5.92 Å². The van der Waals surface area contributed by atoms with E-state index in [1.165, 1.54) is 29.7 Å². The van der Waals surface area contributed by atoms with E-state index >= 15 is 0 Å². The zero-order valence-electron chi connectivity index (χ0n) is 15.3. The average molecular weight is 350 g/mol. The normalized spacial score (nSPS) is 18.7. The Kier molecular flexibility index (Phi) is 4.83. The molecule has 0 radical (unpaired) electrons. The van der Waals surface area contributed by atoms with Crippen LogP contribution in [0.5, 0.6) is 5.75 Å². The van der Waals surface area contributed by atoms with Gasteiger partial charge in [-0.1, -0.05) is 13.0 Å². The number of hydrogen-bond acceptors (Lipinski definition) is 3. The van der Waals surface area contributed by atoms with Crippen LogP contribution in [0, 0.1) is 5.92 Å². The molecule has 4 heteroatoms. The number of nitrogens with zero attached hydrogens (tertiary/aromatic N) is 1. The highest BCUT2D eigenvalue weighted by atomic mass is 16.5. The van der Waals surface area contributed by atoms with E-state index in [0.29, 0.717) is 0 Å². The Balaban J connectivity index is 1.29. The Morgan fingerprint density at radius 3 is 2.73 bits per heavy atom. The van der Waals surface area contributed by atoms with Crippen LogP contribution < -0.4 is 15.0 Å². The fraction of sp³-hybridized carbons (Fsp3) is 0.409. The maximum absolute atomic E-state index is 12.2. The van der Waals surface area contributed by atoms with Crippen LogP contribution in [0.2, 0.25) is 0 Å². The quantitative estimate of drug-likeness (QED) is 0.885. The Hall–Kier alpha value is -2.49. The van der Waals surface area contributed by atoms with Gasteiger partial charge in [-0.25, -0.2) is 0 Å². The van der Waals surface area contributed by atoms with Crippen molar-refractivity contribution in [3.8, 4) is 5.75 Å². The molecule has 1 N–H and O–H groups in total. The van der Waals surface area contributed by atoms with E-state index in [-0.39, 0.29) is 12.5 Å². The average Bonchev–Trinajstić information content (AvgIpc) is 3.29. The second kappa shape index (κ2) is 7.40. The minimum Gasteiger partial charge on any atom is -0.484 e. The van der Waals surface area contributed by atoms with Gasteiger partial charge in [0.1, 0.15) is 5.75 Å². The number of nitrogens with one attached hydrogen (secondary N) is 1. The highest BCUT2D eigenvalue weighted by Crippen LogP contribution is 2.26. The summed E-state index contributed by atoms with van der Waals surface area (Å²) in [6.07, 6.45) is 4.73. The molecule has 0 bridgehead atoms. The molecule has 2 aromatic rings. The molecule has 26 heavy (non-hydrogen) atoms. The first-order valence-corrected chi connectivity index (χ1v) is 9.57. The van der Waals surface area contributed by atoms with Gasteiger partial charge in [0.2, 0.25) is 0 Å². The number of rotatable bonds is 5. The molecule has 1 unspecified atom stereocenters. The number of fused-ring (bicyclic) bond motifs is 1. The Morgan fingerprint density at radius 2 is 1.96 bits per heavy atom. The van der Waals surface area contributed by atoms with Gasteiger partial charge in [0.25, 0.3) is 5.91 Å². The zero-order chi connectivity index (χ0) is 17.9. The molecule has 2 aliphatic rings. The zero-order valence-corrected chi connectivity index (χ0v) is 15.3.